The molecule has 1 heterocycles. The number of nitrogens with zero attached hydrogens (tertiary/aromatic N) is 1. The SMILES string of the molecule is COc1cc(C(=O)NCC(O)(c2cc(C(C)(C)NC(C)=O)cc(-c3ccc(F)c(Cl)c3)n2)C(F)(F)F)ccc1OC[C@@H](C)O. The number of nitrogens with one attached hydrogen (secondary N) is 2. The molecule has 14 heteroatoms. The highest BCUT2D eigenvalue weighted by Gasteiger charge is 2.56. The fourth-order valence-corrected chi connectivity index (χ4v) is 4.38. The minimum absolute atomic E-state index is 0.0720. The number of aromatic nitrogens is 1. The molecule has 3 aromatic rings. The van der Waals surface area contributed by atoms with Gasteiger partial charge in [0, 0.05) is 18.1 Å². The standard InChI is InChI=1S/C30H32ClF4N3O6/c1-16(39)14-44-24-9-7-19(11-25(24)43-5)27(41)36-15-29(42,30(33,34)35)26-13-20(28(3,4)38-17(2)40)12-23(37-26)18-6-8-22(32)21(31)10-18/h6-13,16,39,42H,14-15H2,1-5H3,(H,36,41)(H,38,40)/t16-,29?/m1/s1. The van der Waals surface area contributed by atoms with Crippen LogP contribution in [0.1, 0.15) is 49.3 Å². The van der Waals surface area contributed by atoms with E-state index in [1.54, 1.807) is 0 Å². The molecule has 238 valence electrons. The number of hydrogen-bond acceptors (Lipinski definition) is 7. The van der Waals surface area contributed by atoms with Crippen LogP contribution in [-0.4, -0.2) is 59.6 Å². The van der Waals surface area contributed by atoms with Gasteiger partial charge in [-0.2, -0.15) is 13.2 Å². The zero-order chi connectivity index (χ0) is 33.0. The van der Waals surface area contributed by atoms with E-state index < -0.39 is 53.3 Å². The summed E-state index contributed by atoms with van der Waals surface area (Å²) in [4.78, 5) is 28.9. The van der Waals surface area contributed by atoms with Crippen LogP contribution in [0.25, 0.3) is 11.3 Å². The van der Waals surface area contributed by atoms with Crippen molar-refractivity contribution in [3.8, 4) is 22.8 Å². The van der Waals surface area contributed by atoms with Gasteiger partial charge in [-0.25, -0.2) is 9.37 Å². The highest BCUT2D eigenvalue weighted by molar-refractivity contribution is 6.31. The van der Waals surface area contributed by atoms with E-state index >= 15 is 0 Å². The Morgan fingerprint density at radius 1 is 1.07 bits per heavy atom. The van der Waals surface area contributed by atoms with E-state index in [0.717, 1.165) is 18.2 Å². The van der Waals surface area contributed by atoms with Crippen LogP contribution < -0.4 is 20.1 Å². The van der Waals surface area contributed by atoms with Crippen LogP contribution >= 0.6 is 11.6 Å². The molecule has 0 radical (unpaired) electrons. The molecule has 2 amide bonds. The fraction of sp³-hybridized carbons (Fsp3) is 0.367. The van der Waals surface area contributed by atoms with Gasteiger partial charge in [-0.05, 0) is 74.9 Å². The molecule has 0 saturated heterocycles. The molecule has 0 spiro atoms. The van der Waals surface area contributed by atoms with Gasteiger partial charge < -0.3 is 30.3 Å². The number of carbonyl (C=O) groups excluding carboxylic acids is 2. The van der Waals surface area contributed by atoms with E-state index in [-0.39, 0.29) is 45.5 Å². The number of amides is 2. The van der Waals surface area contributed by atoms with E-state index in [2.05, 4.69) is 15.6 Å². The number of ether oxygens (including phenoxy) is 2. The van der Waals surface area contributed by atoms with Gasteiger partial charge in [0.2, 0.25) is 11.5 Å². The molecule has 3 rings (SSSR count). The molecule has 0 aliphatic carbocycles. The summed E-state index contributed by atoms with van der Waals surface area (Å²) >= 11 is 5.91. The number of aliphatic hydroxyl groups is 2. The molecule has 0 fully saturated rings. The maximum atomic E-state index is 14.6. The van der Waals surface area contributed by atoms with Gasteiger partial charge in [0.15, 0.2) is 11.5 Å². The minimum atomic E-state index is -5.35. The number of alkyl halides is 3. The molecule has 0 aliphatic rings. The zero-order valence-corrected chi connectivity index (χ0v) is 25.2. The topological polar surface area (TPSA) is 130 Å². The van der Waals surface area contributed by atoms with Gasteiger partial charge in [0.05, 0.1) is 41.7 Å². The number of rotatable bonds is 11. The molecule has 1 unspecified atom stereocenters. The Morgan fingerprint density at radius 2 is 1.75 bits per heavy atom. The van der Waals surface area contributed by atoms with Gasteiger partial charge in [-0.15, -0.1) is 0 Å². The molecule has 2 atom stereocenters. The van der Waals surface area contributed by atoms with Gasteiger partial charge in [-0.3, -0.25) is 9.59 Å². The predicted octanol–water partition coefficient (Wildman–Crippen LogP) is 4.86. The minimum Gasteiger partial charge on any atom is -0.493 e. The fourth-order valence-electron chi connectivity index (χ4n) is 4.20. The Balaban J connectivity index is 2.06. The van der Waals surface area contributed by atoms with Crippen LogP contribution in [-0.2, 0) is 15.9 Å². The van der Waals surface area contributed by atoms with Crippen LogP contribution in [0.15, 0.2) is 48.5 Å². The van der Waals surface area contributed by atoms with Crippen molar-refractivity contribution in [2.45, 2.75) is 51.1 Å². The van der Waals surface area contributed by atoms with Crippen LogP contribution in [0.3, 0.4) is 0 Å². The molecule has 2 aromatic carbocycles. The average Bonchev–Trinajstić information content (AvgIpc) is 2.94. The van der Waals surface area contributed by atoms with E-state index in [1.807, 2.05) is 0 Å². The first-order chi connectivity index (χ1) is 20.4. The largest absolute Gasteiger partial charge is 0.493 e. The van der Waals surface area contributed by atoms with Crippen molar-refractivity contribution < 1.29 is 46.8 Å². The summed E-state index contributed by atoms with van der Waals surface area (Å²) in [5.41, 5.74) is -5.80. The van der Waals surface area contributed by atoms with Crippen molar-refractivity contribution in [2.75, 3.05) is 20.3 Å². The second kappa shape index (κ2) is 13.4. The summed E-state index contributed by atoms with van der Waals surface area (Å²) in [6.45, 7) is 4.37. The summed E-state index contributed by atoms with van der Waals surface area (Å²) in [7, 11) is 1.29. The maximum Gasteiger partial charge on any atom is 0.424 e. The molecule has 0 saturated carbocycles. The van der Waals surface area contributed by atoms with Gasteiger partial charge in [-0.1, -0.05) is 11.6 Å². The lowest BCUT2D eigenvalue weighted by Crippen LogP contribution is -2.52. The van der Waals surface area contributed by atoms with Gasteiger partial charge in [0.25, 0.3) is 5.91 Å². The van der Waals surface area contributed by atoms with Crippen molar-refractivity contribution in [1.82, 2.24) is 15.6 Å². The molecular formula is C30H32ClF4N3O6. The zero-order valence-electron chi connectivity index (χ0n) is 24.5. The smallest absolute Gasteiger partial charge is 0.424 e. The van der Waals surface area contributed by atoms with E-state index in [9.17, 15) is 37.4 Å². The van der Waals surface area contributed by atoms with Crippen molar-refractivity contribution in [2.24, 2.45) is 0 Å². The van der Waals surface area contributed by atoms with Crippen molar-refractivity contribution in [1.29, 1.82) is 0 Å². The van der Waals surface area contributed by atoms with Crippen LogP contribution in [0.5, 0.6) is 11.5 Å². The van der Waals surface area contributed by atoms with Crippen molar-refractivity contribution in [3.63, 3.8) is 0 Å². The molecule has 0 bridgehead atoms. The number of methoxy groups -OCH3 is 1. The Hall–Kier alpha value is -3.94. The number of aliphatic hydroxyl groups excluding tert-OH is 1. The quantitative estimate of drug-likeness (QED) is 0.220. The van der Waals surface area contributed by atoms with Gasteiger partial charge >= 0.3 is 6.18 Å². The Morgan fingerprint density at radius 3 is 2.32 bits per heavy atom. The summed E-state index contributed by atoms with van der Waals surface area (Å²) < 4.78 is 68.3. The lowest BCUT2D eigenvalue weighted by Gasteiger charge is -2.33. The Bertz CT molecular complexity index is 1530. The highest BCUT2D eigenvalue weighted by atomic mass is 35.5. The van der Waals surface area contributed by atoms with E-state index in [4.69, 9.17) is 21.1 Å². The third-order valence-electron chi connectivity index (χ3n) is 6.55. The third-order valence-corrected chi connectivity index (χ3v) is 6.84. The van der Waals surface area contributed by atoms with Crippen LogP contribution in [0.4, 0.5) is 17.6 Å². The molecule has 9 nitrogen and oxygen atoms in total. The summed E-state index contributed by atoms with van der Waals surface area (Å²) in [5.74, 6) is -1.95. The maximum absolute atomic E-state index is 14.6. The first-order valence-electron chi connectivity index (χ1n) is 13.2. The number of carbonyl (C=O) groups is 2. The number of halogens is 5. The average molecular weight is 642 g/mol. The Kier molecular flexibility index (Phi) is 10.5. The van der Waals surface area contributed by atoms with E-state index in [1.165, 1.54) is 65.1 Å². The predicted molar refractivity (Wildman–Crippen MR) is 154 cm³/mol. The summed E-state index contributed by atoms with van der Waals surface area (Å²) in [5, 5.41) is 25.0. The molecule has 4 N–H and O–H groups in total. The summed E-state index contributed by atoms with van der Waals surface area (Å²) in [6, 6.07) is 9.62. The second-order valence-corrected chi connectivity index (χ2v) is 11.0. The van der Waals surface area contributed by atoms with Crippen molar-refractivity contribution >= 4 is 23.4 Å². The monoisotopic (exact) mass is 641 g/mol. The normalized spacial score (nSPS) is 13.9. The van der Waals surface area contributed by atoms with Crippen LogP contribution in [0, 0.1) is 5.82 Å². The number of hydrogen-bond donors (Lipinski definition) is 4. The van der Waals surface area contributed by atoms with Gasteiger partial charge in [0.1, 0.15) is 12.4 Å². The van der Waals surface area contributed by atoms with Crippen LogP contribution in [0.2, 0.25) is 5.02 Å². The lowest BCUT2D eigenvalue weighted by atomic mass is 9.88. The summed E-state index contributed by atoms with van der Waals surface area (Å²) in [6.07, 6.45) is -6.14. The molecule has 44 heavy (non-hydrogen) atoms. The molecule has 0 aliphatic heterocycles. The van der Waals surface area contributed by atoms with Crippen molar-refractivity contribution in [3.05, 3.63) is 76.2 Å². The second-order valence-electron chi connectivity index (χ2n) is 10.6. The number of pyridine rings is 1. The lowest BCUT2D eigenvalue weighted by molar-refractivity contribution is -0.265. The molecular weight excluding hydrogens is 610 g/mol. The molecule has 1 aromatic heterocycles. The highest BCUT2D eigenvalue weighted by Crippen LogP contribution is 2.40. The van der Waals surface area contributed by atoms with E-state index in [0.29, 0.717) is 0 Å². The number of benzene rings is 2. The third kappa shape index (κ3) is 7.96. The Labute approximate surface area is 256 Å². The first kappa shape index (κ1) is 34.5. The first-order valence-corrected chi connectivity index (χ1v) is 13.6.